The van der Waals surface area contributed by atoms with Crippen molar-refractivity contribution >= 4 is 6.03 Å². The topological polar surface area (TPSA) is 83.5 Å². The number of nitrogens with zero attached hydrogens (tertiary/aromatic N) is 6. The quantitative estimate of drug-likeness (QED) is 0.257. The molecule has 0 aliphatic carbocycles. The number of hydrogen-bond donors (Lipinski definition) is 0. The number of carbonyl (C=O) groups excluding carboxylic acids is 1. The summed E-state index contributed by atoms with van der Waals surface area (Å²) in [4.78, 5) is 30.5. The van der Waals surface area contributed by atoms with E-state index in [-0.39, 0.29) is 55.0 Å². The van der Waals surface area contributed by atoms with Crippen LogP contribution >= 0.6 is 0 Å². The minimum atomic E-state index is -4.57. The van der Waals surface area contributed by atoms with Crippen LogP contribution in [0.3, 0.4) is 0 Å². The Bertz CT molecular complexity index is 1440. The first-order chi connectivity index (χ1) is 23.1. The molecule has 2 atom stereocenters. The maximum atomic E-state index is 13.5. The summed E-state index contributed by atoms with van der Waals surface area (Å²) in [7, 11) is 1.41. The van der Waals surface area contributed by atoms with Crippen molar-refractivity contribution in [2.75, 3.05) is 66.1 Å². The van der Waals surface area contributed by atoms with E-state index in [0.717, 1.165) is 11.1 Å². The molecule has 0 radical (unpaired) electrons. The molecular formula is C35H45F3N6O4. The monoisotopic (exact) mass is 670 g/mol. The molecular weight excluding hydrogens is 625 g/mol. The summed E-state index contributed by atoms with van der Waals surface area (Å²) in [5.41, 5.74) is 2.62. The van der Waals surface area contributed by atoms with Crippen molar-refractivity contribution < 1.29 is 32.2 Å². The van der Waals surface area contributed by atoms with E-state index in [1.54, 1.807) is 6.92 Å². The Morgan fingerprint density at radius 2 is 1.52 bits per heavy atom. The molecule has 2 aliphatic rings. The van der Waals surface area contributed by atoms with Gasteiger partial charge in [0.2, 0.25) is 11.8 Å². The minimum Gasteiger partial charge on any atom is -0.481 e. The third-order valence-electron chi connectivity index (χ3n) is 9.01. The van der Waals surface area contributed by atoms with Crippen LogP contribution in [0.5, 0.6) is 17.8 Å². The first kappa shape index (κ1) is 35.2. The van der Waals surface area contributed by atoms with Gasteiger partial charge in [-0.25, -0.2) is 4.79 Å². The van der Waals surface area contributed by atoms with E-state index in [2.05, 4.69) is 44.0 Å². The summed E-state index contributed by atoms with van der Waals surface area (Å²) in [6.07, 6.45) is -4.57. The number of ether oxygens (including phenoxy) is 3. The molecule has 3 aromatic rings. The van der Waals surface area contributed by atoms with Crippen LogP contribution in [-0.4, -0.2) is 120 Å². The number of amides is 2. The average Bonchev–Trinajstić information content (AvgIpc) is 3.09. The highest BCUT2D eigenvalue weighted by Crippen LogP contribution is 2.38. The van der Waals surface area contributed by atoms with Crippen LogP contribution in [0.4, 0.5) is 18.0 Å². The fraction of sp³-hybridized carbons (Fsp3) is 0.514. The summed E-state index contributed by atoms with van der Waals surface area (Å²) in [5.74, 6) is -0.150. The third kappa shape index (κ3) is 8.30. The van der Waals surface area contributed by atoms with Gasteiger partial charge in [0.25, 0.3) is 0 Å². The standard InChI is InChI=1S/C35H45F3N6O4/c1-5-42(6-2)34(45)43-18-19-44-27(21-43)20-41(23-29(44)30(25-14-10-8-11-15-25)26-16-12-9-13-17-26)22-28-31(46-4)39-33(47-7-3)40-32(28)48-24-35(36,37)38/h8-17,27,29-30H,5-7,18-24H2,1-4H3. The van der Waals surface area contributed by atoms with Crippen LogP contribution in [0.15, 0.2) is 60.7 Å². The molecule has 2 aliphatic heterocycles. The van der Waals surface area contributed by atoms with Crippen molar-refractivity contribution in [1.29, 1.82) is 0 Å². The van der Waals surface area contributed by atoms with Crippen molar-refractivity contribution in [2.45, 2.75) is 51.5 Å². The lowest BCUT2D eigenvalue weighted by molar-refractivity contribution is -0.154. The Morgan fingerprint density at radius 3 is 2.08 bits per heavy atom. The lowest BCUT2D eigenvalue weighted by atomic mass is 9.81. The number of alkyl halides is 3. The first-order valence-electron chi connectivity index (χ1n) is 16.5. The third-order valence-corrected chi connectivity index (χ3v) is 9.01. The van der Waals surface area contributed by atoms with Crippen LogP contribution in [0.1, 0.15) is 43.4 Å². The molecule has 0 bridgehead atoms. The molecule has 10 nitrogen and oxygen atoms in total. The Labute approximate surface area is 280 Å². The number of carbonyl (C=O) groups is 1. The van der Waals surface area contributed by atoms with E-state index >= 15 is 0 Å². The maximum Gasteiger partial charge on any atom is 0.422 e. The van der Waals surface area contributed by atoms with Crippen molar-refractivity contribution in [3.63, 3.8) is 0 Å². The van der Waals surface area contributed by atoms with Crippen LogP contribution in [0, 0.1) is 0 Å². The Hall–Kier alpha value is -4.10. The van der Waals surface area contributed by atoms with Gasteiger partial charge in [-0.05, 0) is 31.9 Å². The van der Waals surface area contributed by atoms with Gasteiger partial charge < -0.3 is 24.0 Å². The largest absolute Gasteiger partial charge is 0.481 e. The molecule has 0 saturated carbocycles. The normalized spacial score (nSPS) is 18.8. The Kier molecular flexibility index (Phi) is 11.6. The lowest BCUT2D eigenvalue weighted by Gasteiger charge is -2.53. The molecule has 260 valence electrons. The fourth-order valence-corrected chi connectivity index (χ4v) is 6.88. The second kappa shape index (κ2) is 15.9. The SMILES string of the molecule is CCOc1nc(OC)c(CN2CC3CN(C(=O)N(CC)CC)CCN3C(C(c3ccccc3)c3ccccc3)C2)c(OCC(F)(F)F)n1. The first-order valence-corrected chi connectivity index (χ1v) is 16.5. The van der Waals surface area contributed by atoms with Crippen molar-refractivity contribution in [2.24, 2.45) is 0 Å². The summed E-state index contributed by atoms with van der Waals surface area (Å²) in [6, 6.07) is 20.5. The number of urea groups is 1. The molecule has 2 saturated heterocycles. The highest BCUT2D eigenvalue weighted by atomic mass is 19.4. The van der Waals surface area contributed by atoms with Crippen molar-refractivity contribution in [3.8, 4) is 17.8 Å². The van der Waals surface area contributed by atoms with Crippen LogP contribution in [-0.2, 0) is 6.54 Å². The summed E-state index contributed by atoms with van der Waals surface area (Å²) < 4.78 is 56.3. The number of aromatic nitrogens is 2. The number of benzene rings is 2. The maximum absolute atomic E-state index is 13.5. The predicted molar refractivity (Wildman–Crippen MR) is 175 cm³/mol. The van der Waals surface area contributed by atoms with E-state index in [1.165, 1.54) is 7.11 Å². The lowest BCUT2D eigenvalue weighted by Crippen LogP contribution is -2.68. The molecule has 0 spiro atoms. The van der Waals surface area contributed by atoms with Gasteiger partial charge in [0.1, 0.15) is 0 Å². The molecule has 2 fully saturated rings. The number of halogens is 3. The zero-order chi connectivity index (χ0) is 34.3. The molecule has 2 aromatic carbocycles. The number of piperazine rings is 2. The van der Waals surface area contributed by atoms with Crippen LogP contribution < -0.4 is 14.2 Å². The Balaban J connectivity index is 1.54. The van der Waals surface area contributed by atoms with Gasteiger partial charge in [0, 0.05) is 70.4 Å². The predicted octanol–water partition coefficient (Wildman–Crippen LogP) is 5.29. The van der Waals surface area contributed by atoms with Crippen LogP contribution in [0.2, 0.25) is 0 Å². The number of rotatable bonds is 12. The highest BCUT2D eigenvalue weighted by molar-refractivity contribution is 5.74. The van der Waals surface area contributed by atoms with Gasteiger partial charge in [-0.3, -0.25) is 9.80 Å². The van der Waals surface area contributed by atoms with E-state index in [1.807, 2.05) is 60.0 Å². The van der Waals surface area contributed by atoms with Gasteiger partial charge in [-0.1, -0.05) is 60.7 Å². The van der Waals surface area contributed by atoms with Crippen molar-refractivity contribution in [1.82, 2.24) is 29.6 Å². The molecule has 3 heterocycles. The van der Waals surface area contributed by atoms with Gasteiger partial charge in [-0.2, -0.15) is 23.1 Å². The van der Waals surface area contributed by atoms with Gasteiger partial charge in [-0.15, -0.1) is 0 Å². The Morgan fingerprint density at radius 1 is 0.896 bits per heavy atom. The smallest absolute Gasteiger partial charge is 0.422 e. The summed E-state index contributed by atoms with van der Waals surface area (Å²) in [6.45, 7) is 8.77. The number of hydrogen-bond acceptors (Lipinski definition) is 8. The van der Waals surface area contributed by atoms with Crippen LogP contribution in [0.25, 0.3) is 0 Å². The van der Waals surface area contributed by atoms with E-state index in [9.17, 15) is 18.0 Å². The average molecular weight is 671 g/mol. The van der Waals surface area contributed by atoms with Gasteiger partial charge in [0.15, 0.2) is 6.61 Å². The molecule has 0 N–H and O–H groups in total. The molecule has 13 heteroatoms. The second-order valence-corrected chi connectivity index (χ2v) is 12.0. The zero-order valence-electron chi connectivity index (χ0n) is 28.0. The van der Waals surface area contributed by atoms with Gasteiger partial charge in [0.05, 0.1) is 19.3 Å². The molecule has 1 aromatic heterocycles. The highest BCUT2D eigenvalue weighted by Gasteiger charge is 2.44. The molecule has 2 unspecified atom stereocenters. The zero-order valence-corrected chi connectivity index (χ0v) is 28.0. The second-order valence-electron chi connectivity index (χ2n) is 12.0. The number of methoxy groups -OCH3 is 1. The van der Waals surface area contributed by atoms with Gasteiger partial charge >= 0.3 is 18.2 Å². The molecule has 48 heavy (non-hydrogen) atoms. The number of fused-ring (bicyclic) bond motifs is 1. The van der Waals surface area contributed by atoms with E-state index in [0.29, 0.717) is 51.4 Å². The molecule has 5 rings (SSSR count). The summed E-state index contributed by atoms with van der Waals surface area (Å²) >= 11 is 0. The summed E-state index contributed by atoms with van der Waals surface area (Å²) in [5, 5.41) is 0. The fourth-order valence-electron chi connectivity index (χ4n) is 6.88. The van der Waals surface area contributed by atoms with Crippen molar-refractivity contribution in [3.05, 3.63) is 77.4 Å². The van der Waals surface area contributed by atoms with E-state index < -0.39 is 12.8 Å². The van der Waals surface area contributed by atoms with E-state index in [4.69, 9.17) is 14.2 Å². The minimum absolute atomic E-state index is 0.0119. The molecule has 2 amide bonds.